The van der Waals surface area contributed by atoms with Gasteiger partial charge in [0, 0.05) is 11.9 Å². The Morgan fingerprint density at radius 1 is 1.09 bits per heavy atom. The second kappa shape index (κ2) is 13.0. The summed E-state index contributed by atoms with van der Waals surface area (Å²) in [7, 11) is -3.53. The SMILES string of the molecule is CC(C)CNC(=O)[C@H](C)[C@@H](O)[C@H](O)[C@H](CC(C)C)NC(=O)c1csc(NS(C)(=O)=O)n1.F. The Hall–Kier alpha value is -1.83. The number of halogens is 1. The standard InChI is InChI=1S/C19H34N4O6S2.FH/c1-10(2)7-13(16(25)15(24)12(5)17(26)20-8-11(3)4)21-18(27)14-9-30-19(22-14)23-31(6,28)29;/h9-13,15-16,24-25H,7-8H2,1-6H3,(H,20,26)(H,21,27)(H,22,23);1H/t12-,13+,15-,16-;/m1./s1. The van der Waals surface area contributed by atoms with E-state index in [1.807, 2.05) is 27.7 Å². The highest BCUT2D eigenvalue weighted by molar-refractivity contribution is 7.92. The molecule has 1 aromatic rings. The van der Waals surface area contributed by atoms with Gasteiger partial charge >= 0.3 is 0 Å². The first kappa shape index (κ1) is 30.2. The van der Waals surface area contributed by atoms with Crippen molar-refractivity contribution in [1.82, 2.24) is 15.6 Å². The van der Waals surface area contributed by atoms with Gasteiger partial charge < -0.3 is 20.8 Å². The molecule has 0 bridgehead atoms. The van der Waals surface area contributed by atoms with E-state index in [1.165, 1.54) is 12.3 Å². The van der Waals surface area contributed by atoms with Gasteiger partial charge in [-0.2, -0.15) is 0 Å². The number of aliphatic hydroxyl groups excluding tert-OH is 2. The molecule has 0 unspecified atom stereocenters. The van der Waals surface area contributed by atoms with Crippen LogP contribution in [0.1, 0.15) is 51.5 Å². The summed E-state index contributed by atoms with van der Waals surface area (Å²) in [6.07, 6.45) is -1.46. The van der Waals surface area contributed by atoms with Crippen LogP contribution in [0.5, 0.6) is 0 Å². The van der Waals surface area contributed by atoms with E-state index in [0.717, 1.165) is 17.6 Å². The quantitative estimate of drug-likeness (QED) is 0.287. The largest absolute Gasteiger partial charge is 0.390 e. The van der Waals surface area contributed by atoms with Crippen molar-refractivity contribution in [3.05, 3.63) is 11.1 Å². The predicted octanol–water partition coefficient (Wildman–Crippen LogP) is 0.942. The number of nitrogens with zero attached hydrogens (tertiary/aromatic N) is 1. The number of hydrogen-bond acceptors (Lipinski definition) is 8. The molecule has 0 saturated heterocycles. The summed E-state index contributed by atoms with van der Waals surface area (Å²) in [5.74, 6) is -1.57. The summed E-state index contributed by atoms with van der Waals surface area (Å²) in [5.41, 5.74) is -0.0191. The fourth-order valence-corrected chi connectivity index (χ4v) is 4.32. The third kappa shape index (κ3) is 10.2. The van der Waals surface area contributed by atoms with E-state index in [4.69, 9.17) is 0 Å². The molecule has 10 nitrogen and oxygen atoms in total. The molecule has 1 heterocycles. The molecule has 13 heteroatoms. The Kier molecular flexibility index (Phi) is 12.3. The zero-order valence-electron chi connectivity index (χ0n) is 19.2. The van der Waals surface area contributed by atoms with Crippen LogP contribution in [0, 0.1) is 17.8 Å². The van der Waals surface area contributed by atoms with Crippen LogP contribution in [0.2, 0.25) is 0 Å². The molecule has 4 atom stereocenters. The van der Waals surface area contributed by atoms with Crippen LogP contribution in [0.15, 0.2) is 5.38 Å². The van der Waals surface area contributed by atoms with Crippen molar-refractivity contribution in [2.24, 2.45) is 17.8 Å². The lowest BCUT2D eigenvalue weighted by Crippen LogP contribution is -2.53. The van der Waals surface area contributed by atoms with Gasteiger partial charge in [0.05, 0.1) is 24.3 Å². The van der Waals surface area contributed by atoms with Crippen LogP contribution in [-0.2, 0) is 14.8 Å². The van der Waals surface area contributed by atoms with E-state index in [9.17, 15) is 28.2 Å². The van der Waals surface area contributed by atoms with Crippen molar-refractivity contribution in [1.29, 1.82) is 0 Å². The molecule has 0 aliphatic heterocycles. The molecule has 5 N–H and O–H groups in total. The number of aromatic nitrogens is 1. The van der Waals surface area contributed by atoms with Crippen molar-refractivity contribution >= 4 is 38.3 Å². The molecule has 1 rings (SSSR count). The Morgan fingerprint density at radius 3 is 2.19 bits per heavy atom. The Morgan fingerprint density at radius 2 is 1.69 bits per heavy atom. The van der Waals surface area contributed by atoms with Crippen LogP contribution in [0.25, 0.3) is 0 Å². The topological polar surface area (TPSA) is 158 Å². The van der Waals surface area contributed by atoms with Crippen molar-refractivity contribution < 1.29 is 32.9 Å². The highest BCUT2D eigenvalue weighted by atomic mass is 32.2. The molecule has 32 heavy (non-hydrogen) atoms. The number of aliphatic hydroxyl groups is 2. The molecule has 0 fully saturated rings. The molecule has 0 saturated carbocycles. The first-order valence-corrected chi connectivity index (χ1v) is 12.9. The van der Waals surface area contributed by atoms with Crippen LogP contribution < -0.4 is 15.4 Å². The molecule has 0 spiro atoms. The predicted molar refractivity (Wildman–Crippen MR) is 123 cm³/mol. The molecule has 0 aromatic carbocycles. The minimum atomic E-state index is -3.53. The van der Waals surface area contributed by atoms with Crippen LogP contribution in [0.3, 0.4) is 0 Å². The molecule has 2 amide bonds. The maximum absolute atomic E-state index is 12.6. The van der Waals surface area contributed by atoms with Crippen LogP contribution in [-0.4, -0.2) is 66.5 Å². The van der Waals surface area contributed by atoms with E-state index >= 15 is 0 Å². The number of carbonyl (C=O) groups is 2. The van der Waals surface area contributed by atoms with E-state index in [-0.39, 0.29) is 33.3 Å². The lowest BCUT2D eigenvalue weighted by molar-refractivity contribution is -0.132. The lowest BCUT2D eigenvalue weighted by atomic mass is 9.90. The van der Waals surface area contributed by atoms with E-state index in [2.05, 4.69) is 20.3 Å². The number of amides is 2. The summed E-state index contributed by atoms with van der Waals surface area (Å²) in [4.78, 5) is 28.8. The molecule has 0 aliphatic rings. The van der Waals surface area contributed by atoms with Gasteiger partial charge in [-0.25, -0.2) is 13.4 Å². The van der Waals surface area contributed by atoms with E-state index in [0.29, 0.717) is 13.0 Å². The van der Waals surface area contributed by atoms with Crippen molar-refractivity contribution in [3.63, 3.8) is 0 Å². The zero-order valence-corrected chi connectivity index (χ0v) is 20.8. The Balaban J connectivity index is 0.00000961. The number of rotatable bonds is 12. The molecular weight excluding hydrogens is 463 g/mol. The maximum Gasteiger partial charge on any atom is 0.271 e. The smallest absolute Gasteiger partial charge is 0.271 e. The molecular formula is C19H35FN4O6S2. The van der Waals surface area contributed by atoms with Gasteiger partial charge in [-0.1, -0.05) is 34.6 Å². The maximum atomic E-state index is 12.6. The van der Waals surface area contributed by atoms with Crippen molar-refractivity contribution in [2.45, 2.75) is 59.3 Å². The number of sulfonamides is 1. The fourth-order valence-electron chi connectivity index (χ4n) is 2.77. The van der Waals surface area contributed by atoms with Gasteiger partial charge in [-0.3, -0.25) is 19.0 Å². The van der Waals surface area contributed by atoms with Crippen molar-refractivity contribution in [2.75, 3.05) is 17.5 Å². The minimum Gasteiger partial charge on any atom is -0.390 e. The van der Waals surface area contributed by atoms with E-state index in [1.54, 1.807) is 0 Å². The van der Waals surface area contributed by atoms with Crippen LogP contribution >= 0.6 is 11.3 Å². The Bertz CT molecular complexity index is 847. The minimum absolute atomic E-state index is 0. The third-order valence-corrected chi connectivity index (χ3v) is 5.87. The van der Waals surface area contributed by atoms with Gasteiger partial charge in [-0.15, -0.1) is 11.3 Å². The van der Waals surface area contributed by atoms with E-state index < -0.39 is 40.1 Å². The van der Waals surface area contributed by atoms with Gasteiger partial charge in [0.15, 0.2) is 5.13 Å². The molecule has 186 valence electrons. The highest BCUT2D eigenvalue weighted by Crippen LogP contribution is 2.19. The second-order valence-electron chi connectivity index (χ2n) is 8.53. The molecule has 0 radical (unpaired) electrons. The van der Waals surface area contributed by atoms with Gasteiger partial charge in [-0.05, 0) is 18.3 Å². The second-order valence-corrected chi connectivity index (χ2v) is 11.1. The summed E-state index contributed by atoms with van der Waals surface area (Å²) in [6.45, 7) is 9.65. The third-order valence-electron chi connectivity index (χ3n) is 4.42. The number of nitrogens with one attached hydrogen (secondary N) is 3. The average Bonchev–Trinajstić information content (AvgIpc) is 3.09. The van der Waals surface area contributed by atoms with Gasteiger partial charge in [0.25, 0.3) is 5.91 Å². The summed E-state index contributed by atoms with van der Waals surface area (Å²) >= 11 is 0.950. The monoisotopic (exact) mass is 498 g/mol. The normalized spacial score (nSPS) is 15.4. The average molecular weight is 499 g/mol. The number of anilines is 1. The summed E-state index contributed by atoms with van der Waals surface area (Å²) in [5, 5.41) is 28.1. The summed E-state index contributed by atoms with van der Waals surface area (Å²) in [6, 6.07) is -0.837. The first-order valence-electron chi connectivity index (χ1n) is 10.1. The highest BCUT2D eigenvalue weighted by Gasteiger charge is 2.35. The van der Waals surface area contributed by atoms with Crippen LogP contribution in [0.4, 0.5) is 9.84 Å². The molecule has 0 aliphatic carbocycles. The van der Waals surface area contributed by atoms with Crippen molar-refractivity contribution in [3.8, 4) is 0 Å². The Labute approximate surface area is 192 Å². The number of hydrogen-bond donors (Lipinski definition) is 5. The molecule has 1 aromatic heterocycles. The van der Waals surface area contributed by atoms with Gasteiger partial charge in [0.2, 0.25) is 15.9 Å². The first-order chi connectivity index (χ1) is 14.2. The summed E-state index contributed by atoms with van der Waals surface area (Å²) < 4.78 is 24.8. The number of carbonyl (C=O) groups excluding carboxylic acids is 2. The number of thiazole rings is 1. The van der Waals surface area contributed by atoms with Gasteiger partial charge in [0.1, 0.15) is 11.8 Å². The lowest BCUT2D eigenvalue weighted by Gasteiger charge is -2.31. The zero-order chi connectivity index (χ0) is 23.9. The fraction of sp³-hybridized carbons (Fsp3) is 0.737.